The summed E-state index contributed by atoms with van der Waals surface area (Å²) in [7, 11) is 3.14. The molecule has 0 saturated carbocycles. The van der Waals surface area contributed by atoms with E-state index in [9.17, 15) is 5.11 Å². The van der Waals surface area contributed by atoms with E-state index in [0.29, 0.717) is 6.42 Å². The molecule has 0 amide bonds. The number of aliphatic hydroxyl groups is 1. The maximum Gasteiger partial charge on any atom is 0.160 e. The van der Waals surface area contributed by atoms with Crippen molar-refractivity contribution in [2.45, 2.75) is 37.9 Å². The highest BCUT2D eigenvalue weighted by molar-refractivity contribution is 4.81. The van der Waals surface area contributed by atoms with Crippen molar-refractivity contribution in [1.29, 1.82) is 0 Å². The monoisotopic (exact) mass is 176 g/mol. The van der Waals surface area contributed by atoms with E-state index in [1.165, 1.54) is 0 Å². The van der Waals surface area contributed by atoms with Crippen LogP contribution < -0.4 is 0 Å². The molecule has 1 N–H and O–H groups in total. The molecule has 0 aliphatic carbocycles. The first-order valence-electron chi connectivity index (χ1n) is 4.08. The molecule has 1 rings (SSSR count). The molecule has 0 bridgehead atoms. The Morgan fingerprint density at radius 1 is 1.33 bits per heavy atom. The summed E-state index contributed by atoms with van der Waals surface area (Å²) in [6, 6.07) is 0. The zero-order chi connectivity index (χ0) is 9.14. The second-order valence-corrected chi connectivity index (χ2v) is 3.01. The normalized spacial score (nSPS) is 43.0. The van der Waals surface area contributed by atoms with E-state index in [2.05, 4.69) is 0 Å². The molecule has 0 spiro atoms. The number of aliphatic hydroxyl groups excluding tert-OH is 1. The van der Waals surface area contributed by atoms with Gasteiger partial charge in [0.05, 0.1) is 12.2 Å². The van der Waals surface area contributed by atoms with Gasteiger partial charge in [0.25, 0.3) is 0 Å². The van der Waals surface area contributed by atoms with Crippen LogP contribution in [0.4, 0.5) is 0 Å². The maximum atomic E-state index is 9.56. The molecule has 1 aliphatic rings. The average Bonchev–Trinajstić information content (AvgIpc) is 2.03. The molecule has 1 saturated heterocycles. The molecule has 0 unspecified atom stereocenters. The molecule has 72 valence electrons. The Balaban J connectivity index is 2.51. The molecular formula is C8H16O4. The maximum absolute atomic E-state index is 9.56. The van der Waals surface area contributed by atoms with Crippen molar-refractivity contribution in [3.63, 3.8) is 0 Å². The van der Waals surface area contributed by atoms with E-state index in [0.717, 1.165) is 0 Å². The van der Waals surface area contributed by atoms with Crippen molar-refractivity contribution in [3.05, 3.63) is 0 Å². The molecule has 0 aromatic rings. The summed E-state index contributed by atoms with van der Waals surface area (Å²) < 4.78 is 15.5. The van der Waals surface area contributed by atoms with E-state index >= 15 is 0 Å². The van der Waals surface area contributed by atoms with E-state index < -0.39 is 6.10 Å². The Labute approximate surface area is 72.4 Å². The van der Waals surface area contributed by atoms with Crippen LogP contribution >= 0.6 is 0 Å². The van der Waals surface area contributed by atoms with Crippen LogP contribution in [0.15, 0.2) is 0 Å². The Hall–Kier alpha value is -0.160. The van der Waals surface area contributed by atoms with Gasteiger partial charge in [-0.3, -0.25) is 0 Å². The Morgan fingerprint density at radius 3 is 2.42 bits per heavy atom. The summed E-state index contributed by atoms with van der Waals surface area (Å²) in [5.74, 6) is 0. The molecule has 1 aliphatic heterocycles. The van der Waals surface area contributed by atoms with Crippen LogP contribution in [0.1, 0.15) is 13.3 Å². The van der Waals surface area contributed by atoms with Gasteiger partial charge in [-0.1, -0.05) is 0 Å². The molecule has 1 fully saturated rings. The number of rotatable bonds is 2. The predicted octanol–water partition coefficient (Wildman–Crippen LogP) is 0.144. The fraction of sp³-hybridized carbons (Fsp3) is 1.00. The van der Waals surface area contributed by atoms with Crippen LogP contribution in [0.2, 0.25) is 0 Å². The molecule has 0 radical (unpaired) electrons. The third-order valence-corrected chi connectivity index (χ3v) is 2.18. The van der Waals surface area contributed by atoms with Crippen LogP contribution in [-0.4, -0.2) is 43.9 Å². The van der Waals surface area contributed by atoms with Crippen LogP contribution in [-0.2, 0) is 14.2 Å². The highest BCUT2D eigenvalue weighted by atomic mass is 16.7. The standard InChI is InChI=1S/C8H16O4/c1-5-8(11-3)6(9)4-7(10-2)12-5/h5-9H,4H2,1-3H3/t5-,6-,7+,8+/m0/s1. The highest BCUT2D eigenvalue weighted by Gasteiger charge is 2.35. The van der Waals surface area contributed by atoms with E-state index in [1.54, 1.807) is 14.2 Å². The van der Waals surface area contributed by atoms with E-state index in [4.69, 9.17) is 14.2 Å². The summed E-state index contributed by atoms with van der Waals surface area (Å²) >= 11 is 0. The number of ether oxygens (including phenoxy) is 3. The summed E-state index contributed by atoms with van der Waals surface area (Å²) in [6.45, 7) is 1.86. The van der Waals surface area contributed by atoms with Crippen LogP contribution in [0, 0.1) is 0 Å². The first kappa shape index (κ1) is 9.92. The van der Waals surface area contributed by atoms with Gasteiger partial charge in [-0.25, -0.2) is 0 Å². The van der Waals surface area contributed by atoms with Crippen LogP contribution in [0.5, 0.6) is 0 Å². The van der Waals surface area contributed by atoms with Crippen molar-refractivity contribution in [2.75, 3.05) is 14.2 Å². The second kappa shape index (κ2) is 4.18. The zero-order valence-corrected chi connectivity index (χ0v) is 7.69. The quantitative estimate of drug-likeness (QED) is 0.650. The highest BCUT2D eigenvalue weighted by Crippen LogP contribution is 2.22. The van der Waals surface area contributed by atoms with Gasteiger partial charge in [-0.15, -0.1) is 0 Å². The van der Waals surface area contributed by atoms with Gasteiger partial charge in [0, 0.05) is 20.6 Å². The lowest BCUT2D eigenvalue weighted by atomic mass is 10.0. The number of methoxy groups -OCH3 is 2. The third kappa shape index (κ3) is 1.95. The Kier molecular flexibility index (Phi) is 3.46. The topological polar surface area (TPSA) is 47.9 Å². The minimum absolute atomic E-state index is 0.122. The van der Waals surface area contributed by atoms with Gasteiger partial charge in [-0.05, 0) is 6.92 Å². The lowest BCUT2D eigenvalue weighted by molar-refractivity contribution is -0.242. The van der Waals surface area contributed by atoms with Crippen molar-refractivity contribution in [3.8, 4) is 0 Å². The Bertz CT molecular complexity index is 127. The van der Waals surface area contributed by atoms with Gasteiger partial charge < -0.3 is 19.3 Å². The third-order valence-electron chi connectivity index (χ3n) is 2.18. The van der Waals surface area contributed by atoms with Crippen LogP contribution in [0.3, 0.4) is 0 Å². The van der Waals surface area contributed by atoms with E-state index in [1.807, 2.05) is 6.92 Å². The van der Waals surface area contributed by atoms with Crippen molar-refractivity contribution in [1.82, 2.24) is 0 Å². The second-order valence-electron chi connectivity index (χ2n) is 3.01. The smallest absolute Gasteiger partial charge is 0.160 e. The summed E-state index contributed by atoms with van der Waals surface area (Å²) in [5, 5.41) is 9.56. The zero-order valence-electron chi connectivity index (χ0n) is 7.69. The van der Waals surface area contributed by atoms with Crippen molar-refractivity contribution < 1.29 is 19.3 Å². The predicted molar refractivity (Wildman–Crippen MR) is 42.8 cm³/mol. The fourth-order valence-electron chi connectivity index (χ4n) is 1.52. The fourth-order valence-corrected chi connectivity index (χ4v) is 1.52. The first-order chi connectivity index (χ1) is 5.69. The van der Waals surface area contributed by atoms with Crippen LogP contribution in [0.25, 0.3) is 0 Å². The van der Waals surface area contributed by atoms with Gasteiger partial charge in [0.2, 0.25) is 0 Å². The first-order valence-corrected chi connectivity index (χ1v) is 4.08. The van der Waals surface area contributed by atoms with Gasteiger partial charge in [-0.2, -0.15) is 0 Å². The largest absolute Gasteiger partial charge is 0.390 e. The van der Waals surface area contributed by atoms with Gasteiger partial charge in [0.1, 0.15) is 6.10 Å². The van der Waals surface area contributed by atoms with Crippen molar-refractivity contribution >= 4 is 0 Å². The Morgan fingerprint density at radius 2 is 2.00 bits per heavy atom. The molecule has 4 atom stereocenters. The number of hydrogen-bond donors (Lipinski definition) is 1. The molecular weight excluding hydrogens is 160 g/mol. The molecule has 4 nitrogen and oxygen atoms in total. The minimum Gasteiger partial charge on any atom is -0.390 e. The van der Waals surface area contributed by atoms with Crippen molar-refractivity contribution in [2.24, 2.45) is 0 Å². The molecule has 0 aromatic heterocycles. The minimum atomic E-state index is -0.497. The van der Waals surface area contributed by atoms with Gasteiger partial charge >= 0.3 is 0 Å². The summed E-state index contributed by atoms with van der Waals surface area (Å²) in [5.41, 5.74) is 0. The lowest BCUT2D eigenvalue weighted by Crippen LogP contribution is -2.48. The molecule has 0 aromatic carbocycles. The molecule has 12 heavy (non-hydrogen) atoms. The SMILES string of the molecule is CO[C@H]1C[C@H](O)[C@H](OC)[C@H](C)O1. The summed E-state index contributed by atoms with van der Waals surface area (Å²) in [4.78, 5) is 0. The summed E-state index contributed by atoms with van der Waals surface area (Å²) in [6.07, 6.45) is -0.690. The number of hydrogen-bond acceptors (Lipinski definition) is 4. The average molecular weight is 176 g/mol. The van der Waals surface area contributed by atoms with E-state index in [-0.39, 0.29) is 18.5 Å². The van der Waals surface area contributed by atoms with Gasteiger partial charge in [0.15, 0.2) is 6.29 Å². The lowest BCUT2D eigenvalue weighted by Gasteiger charge is -2.36. The molecule has 4 heteroatoms. The molecule has 1 heterocycles.